The lowest BCUT2D eigenvalue weighted by atomic mass is 10.1. The second-order valence-corrected chi connectivity index (χ2v) is 4.75. The molecule has 3 rings (SSSR count). The molecule has 2 aromatic carbocycles. The molecule has 1 heterocycles. The second-order valence-electron chi connectivity index (χ2n) is 4.75. The van der Waals surface area contributed by atoms with Crippen LogP contribution in [0.25, 0.3) is 10.9 Å². The molecule has 0 saturated carbocycles. The fraction of sp³-hybridized carbons (Fsp3) is 0.167. The van der Waals surface area contributed by atoms with Crippen molar-refractivity contribution in [1.29, 1.82) is 0 Å². The third-order valence-corrected chi connectivity index (χ3v) is 3.39. The van der Waals surface area contributed by atoms with Gasteiger partial charge in [-0.05, 0) is 30.2 Å². The summed E-state index contributed by atoms with van der Waals surface area (Å²) >= 11 is 0. The fourth-order valence-electron chi connectivity index (χ4n) is 2.28. The summed E-state index contributed by atoms with van der Waals surface area (Å²) in [5.41, 5.74) is 3.19. The average Bonchev–Trinajstić information content (AvgIpc) is 2.53. The molecule has 0 unspecified atom stereocenters. The fourth-order valence-corrected chi connectivity index (χ4v) is 2.28. The van der Waals surface area contributed by atoms with Gasteiger partial charge in [0, 0.05) is 5.39 Å². The molecule has 0 aliphatic rings. The van der Waals surface area contributed by atoms with Gasteiger partial charge in [-0.25, -0.2) is 4.98 Å². The van der Waals surface area contributed by atoms with Gasteiger partial charge in [0.25, 0.3) is 0 Å². The Morgan fingerprint density at radius 1 is 0.900 bits per heavy atom. The van der Waals surface area contributed by atoms with Gasteiger partial charge in [-0.15, -0.1) is 0 Å². The molecule has 0 aliphatic carbocycles. The molecular weight excluding hydrogens is 246 g/mol. The largest absolute Gasteiger partial charge is 0.487 e. The van der Waals surface area contributed by atoms with Crippen LogP contribution >= 0.6 is 0 Å². The van der Waals surface area contributed by atoms with E-state index in [2.05, 4.69) is 30.1 Å². The average molecular weight is 263 g/mol. The van der Waals surface area contributed by atoms with E-state index in [1.807, 2.05) is 42.5 Å². The monoisotopic (exact) mass is 263 g/mol. The molecule has 0 spiro atoms. The molecule has 0 amide bonds. The number of benzene rings is 2. The smallest absolute Gasteiger partial charge is 0.130 e. The standard InChI is InChI=1S/C18H17NO/c1-2-14-7-4-6-10-18(14)20-13-16-12-11-15-8-3-5-9-17(15)19-16/h3-12H,2,13H2,1H3. The van der Waals surface area contributed by atoms with Crippen LogP contribution in [0.5, 0.6) is 5.75 Å². The molecule has 0 radical (unpaired) electrons. The van der Waals surface area contributed by atoms with Gasteiger partial charge < -0.3 is 4.74 Å². The van der Waals surface area contributed by atoms with E-state index in [9.17, 15) is 0 Å². The number of aryl methyl sites for hydroxylation is 1. The highest BCUT2D eigenvalue weighted by Crippen LogP contribution is 2.20. The Bertz CT molecular complexity index is 721. The topological polar surface area (TPSA) is 22.1 Å². The first kappa shape index (κ1) is 12.7. The van der Waals surface area contributed by atoms with Gasteiger partial charge >= 0.3 is 0 Å². The maximum absolute atomic E-state index is 5.90. The zero-order valence-electron chi connectivity index (χ0n) is 11.5. The van der Waals surface area contributed by atoms with Crippen molar-refractivity contribution in [2.75, 3.05) is 0 Å². The summed E-state index contributed by atoms with van der Waals surface area (Å²) in [7, 11) is 0. The van der Waals surface area contributed by atoms with Crippen LogP contribution in [-0.2, 0) is 13.0 Å². The molecule has 0 saturated heterocycles. The molecule has 20 heavy (non-hydrogen) atoms. The van der Waals surface area contributed by atoms with E-state index in [-0.39, 0.29) is 0 Å². The van der Waals surface area contributed by atoms with Crippen molar-refractivity contribution in [3.63, 3.8) is 0 Å². The lowest BCUT2D eigenvalue weighted by Gasteiger charge is -2.10. The molecule has 100 valence electrons. The minimum atomic E-state index is 0.502. The molecule has 0 aliphatic heterocycles. The van der Waals surface area contributed by atoms with Gasteiger partial charge in [0.15, 0.2) is 0 Å². The summed E-state index contributed by atoms with van der Waals surface area (Å²) in [6.45, 7) is 2.64. The van der Waals surface area contributed by atoms with Crippen LogP contribution in [0.4, 0.5) is 0 Å². The van der Waals surface area contributed by atoms with Crippen LogP contribution in [-0.4, -0.2) is 4.98 Å². The maximum Gasteiger partial charge on any atom is 0.130 e. The van der Waals surface area contributed by atoms with Crippen LogP contribution in [0.3, 0.4) is 0 Å². The first-order valence-corrected chi connectivity index (χ1v) is 6.92. The van der Waals surface area contributed by atoms with Crippen molar-refractivity contribution in [3.8, 4) is 5.75 Å². The number of rotatable bonds is 4. The molecule has 0 atom stereocenters. The number of ether oxygens (including phenoxy) is 1. The first-order valence-electron chi connectivity index (χ1n) is 6.92. The van der Waals surface area contributed by atoms with Crippen LogP contribution in [0.1, 0.15) is 18.2 Å². The molecule has 0 bridgehead atoms. The minimum absolute atomic E-state index is 0.502. The lowest BCUT2D eigenvalue weighted by Crippen LogP contribution is -2.00. The third-order valence-electron chi connectivity index (χ3n) is 3.39. The van der Waals surface area contributed by atoms with Gasteiger partial charge in [-0.3, -0.25) is 0 Å². The summed E-state index contributed by atoms with van der Waals surface area (Å²) in [6.07, 6.45) is 0.974. The minimum Gasteiger partial charge on any atom is -0.487 e. The van der Waals surface area contributed by atoms with Crippen molar-refractivity contribution >= 4 is 10.9 Å². The lowest BCUT2D eigenvalue weighted by molar-refractivity contribution is 0.299. The number of fused-ring (bicyclic) bond motifs is 1. The summed E-state index contributed by atoms with van der Waals surface area (Å²) in [6, 6.07) is 20.4. The first-order chi connectivity index (χ1) is 9.86. The number of para-hydroxylation sites is 2. The van der Waals surface area contributed by atoms with Gasteiger partial charge in [0.1, 0.15) is 12.4 Å². The zero-order valence-corrected chi connectivity index (χ0v) is 11.5. The van der Waals surface area contributed by atoms with Crippen molar-refractivity contribution < 1.29 is 4.74 Å². The SMILES string of the molecule is CCc1ccccc1OCc1ccc2ccccc2n1. The summed E-state index contributed by atoms with van der Waals surface area (Å²) in [4.78, 5) is 4.62. The van der Waals surface area contributed by atoms with Crippen LogP contribution in [0.2, 0.25) is 0 Å². The number of nitrogens with zero attached hydrogens (tertiary/aromatic N) is 1. The molecule has 0 fully saturated rings. The summed E-state index contributed by atoms with van der Waals surface area (Å²) < 4.78 is 5.90. The Morgan fingerprint density at radius 3 is 2.60 bits per heavy atom. The normalized spacial score (nSPS) is 10.7. The Balaban J connectivity index is 1.79. The van der Waals surface area contributed by atoms with Gasteiger partial charge in [0.05, 0.1) is 11.2 Å². The molecule has 0 N–H and O–H groups in total. The molecule has 3 aromatic rings. The van der Waals surface area contributed by atoms with E-state index in [1.54, 1.807) is 0 Å². The third kappa shape index (κ3) is 2.64. The van der Waals surface area contributed by atoms with Gasteiger partial charge in [-0.1, -0.05) is 49.4 Å². The quantitative estimate of drug-likeness (QED) is 0.697. The van der Waals surface area contributed by atoms with E-state index in [0.717, 1.165) is 28.8 Å². The zero-order chi connectivity index (χ0) is 13.8. The van der Waals surface area contributed by atoms with Gasteiger partial charge in [0.2, 0.25) is 0 Å². The maximum atomic E-state index is 5.90. The highest BCUT2D eigenvalue weighted by Gasteiger charge is 2.03. The number of aromatic nitrogens is 1. The highest BCUT2D eigenvalue weighted by molar-refractivity contribution is 5.78. The van der Waals surface area contributed by atoms with E-state index in [1.165, 1.54) is 5.56 Å². The van der Waals surface area contributed by atoms with Gasteiger partial charge in [-0.2, -0.15) is 0 Å². The summed E-state index contributed by atoms with van der Waals surface area (Å²) in [5.74, 6) is 0.949. The van der Waals surface area contributed by atoms with Crippen molar-refractivity contribution in [2.45, 2.75) is 20.0 Å². The highest BCUT2D eigenvalue weighted by atomic mass is 16.5. The number of hydrogen-bond donors (Lipinski definition) is 0. The molecule has 2 nitrogen and oxygen atoms in total. The molecule has 2 heteroatoms. The van der Waals surface area contributed by atoms with E-state index in [4.69, 9.17) is 4.74 Å². The molecular formula is C18H17NO. The van der Waals surface area contributed by atoms with Crippen LogP contribution < -0.4 is 4.74 Å². The Hall–Kier alpha value is -2.35. The Labute approximate surface area is 119 Å². The van der Waals surface area contributed by atoms with Crippen molar-refractivity contribution in [2.24, 2.45) is 0 Å². The van der Waals surface area contributed by atoms with Crippen LogP contribution in [0, 0.1) is 0 Å². The predicted molar refractivity (Wildman–Crippen MR) is 81.9 cm³/mol. The number of hydrogen-bond acceptors (Lipinski definition) is 2. The van der Waals surface area contributed by atoms with E-state index in [0.29, 0.717) is 6.61 Å². The Kier molecular flexibility index (Phi) is 3.64. The van der Waals surface area contributed by atoms with Crippen molar-refractivity contribution in [1.82, 2.24) is 4.98 Å². The second kappa shape index (κ2) is 5.74. The predicted octanol–water partition coefficient (Wildman–Crippen LogP) is 4.38. The summed E-state index contributed by atoms with van der Waals surface area (Å²) in [5, 5.41) is 1.16. The van der Waals surface area contributed by atoms with E-state index < -0.39 is 0 Å². The van der Waals surface area contributed by atoms with Crippen molar-refractivity contribution in [3.05, 3.63) is 71.9 Å². The van der Waals surface area contributed by atoms with Crippen LogP contribution in [0.15, 0.2) is 60.7 Å². The number of pyridine rings is 1. The Morgan fingerprint density at radius 2 is 1.70 bits per heavy atom. The van der Waals surface area contributed by atoms with E-state index >= 15 is 0 Å². The molecule has 1 aromatic heterocycles.